The largest absolute Gasteiger partial charge is 0.417 e. The molecule has 1 aromatic rings. The van der Waals surface area contributed by atoms with E-state index in [1.165, 1.54) is 0 Å². The Morgan fingerprint density at radius 1 is 1.32 bits per heavy atom. The van der Waals surface area contributed by atoms with Crippen LogP contribution in [0.25, 0.3) is 0 Å². The summed E-state index contributed by atoms with van der Waals surface area (Å²) in [6.45, 7) is 6.68. The Bertz CT molecular complexity index is 625. The second-order valence-electron chi connectivity index (χ2n) is 6.37. The van der Waals surface area contributed by atoms with Crippen molar-refractivity contribution < 1.29 is 18.0 Å². The highest BCUT2D eigenvalue weighted by atomic mass is 19.4. The van der Waals surface area contributed by atoms with E-state index in [4.69, 9.17) is 0 Å². The Kier molecular flexibility index (Phi) is 3.47. The van der Waals surface area contributed by atoms with E-state index in [9.17, 15) is 18.0 Å². The Morgan fingerprint density at radius 2 is 2.00 bits per heavy atom. The van der Waals surface area contributed by atoms with Crippen molar-refractivity contribution >= 4 is 5.91 Å². The molecule has 0 aromatic heterocycles. The fourth-order valence-electron chi connectivity index (χ4n) is 3.46. The molecule has 0 bridgehead atoms. The number of rotatable bonds is 1. The summed E-state index contributed by atoms with van der Waals surface area (Å²) >= 11 is 0. The summed E-state index contributed by atoms with van der Waals surface area (Å²) in [5, 5.41) is 3.25. The highest BCUT2D eigenvalue weighted by Gasteiger charge is 2.47. The van der Waals surface area contributed by atoms with Crippen LogP contribution in [-0.4, -0.2) is 29.9 Å². The van der Waals surface area contributed by atoms with Crippen LogP contribution in [0.4, 0.5) is 13.2 Å². The van der Waals surface area contributed by atoms with Crippen molar-refractivity contribution in [2.75, 3.05) is 13.1 Å². The number of nitrogens with one attached hydrogen (secondary N) is 1. The lowest BCUT2D eigenvalue weighted by Gasteiger charge is -2.36. The average Bonchev–Trinajstić information content (AvgIpc) is 2.71. The molecule has 0 saturated carbocycles. The SMILES string of the molecule is CC(C)c1cc2c(c(C(F)(F)F)c1)C(=O)N1CCN[C@@H](C)[C@@H]21. The van der Waals surface area contributed by atoms with Crippen LogP contribution >= 0.6 is 0 Å². The molecule has 3 nitrogen and oxygen atoms in total. The van der Waals surface area contributed by atoms with E-state index in [1.54, 1.807) is 11.0 Å². The summed E-state index contributed by atoms with van der Waals surface area (Å²) < 4.78 is 40.3. The molecule has 0 unspecified atom stereocenters. The molecule has 0 radical (unpaired) electrons. The number of benzene rings is 1. The first-order chi connectivity index (χ1) is 10.2. The van der Waals surface area contributed by atoms with Gasteiger partial charge in [0.1, 0.15) is 0 Å². The van der Waals surface area contributed by atoms with Crippen molar-refractivity contribution in [2.24, 2.45) is 0 Å². The Labute approximate surface area is 127 Å². The summed E-state index contributed by atoms with van der Waals surface area (Å²) in [7, 11) is 0. The van der Waals surface area contributed by atoms with Gasteiger partial charge < -0.3 is 10.2 Å². The predicted octanol–water partition coefficient (Wildman–Crippen LogP) is 3.32. The van der Waals surface area contributed by atoms with Gasteiger partial charge in [-0.25, -0.2) is 0 Å². The van der Waals surface area contributed by atoms with Gasteiger partial charge in [0.2, 0.25) is 0 Å². The maximum Gasteiger partial charge on any atom is 0.417 e. The molecule has 2 atom stereocenters. The molecule has 0 aliphatic carbocycles. The third kappa shape index (κ3) is 2.20. The first kappa shape index (κ1) is 15.3. The quantitative estimate of drug-likeness (QED) is 0.863. The van der Waals surface area contributed by atoms with Gasteiger partial charge in [-0.05, 0) is 30.0 Å². The molecule has 0 spiro atoms. The maximum absolute atomic E-state index is 13.4. The number of fused-ring (bicyclic) bond motifs is 3. The van der Waals surface area contributed by atoms with E-state index in [1.807, 2.05) is 20.8 Å². The second kappa shape index (κ2) is 4.98. The molecular weight excluding hydrogens is 293 g/mol. The molecule has 1 amide bonds. The summed E-state index contributed by atoms with van der Waals surface area (Å²) in [5.41, 5.74) is 0.194. The van der Waals surface area contributed by atoms with Crippen LogP contribution in [0.2, 0.25) is 0 Å². The molecule has 120 valence electrons. The average molecular weight is 312 g/mol. The van der Waals surface area contributed by atoms with Crippen LogP contribution in [0.5, 0.6) is 0 Å². The van der Waals surface area contributed by atoms with E-state index < -0.39 is 17.6 Å². The van der Waals surface area contributed by atoms with Crippen LogP contribution in [0.1, 0.15) is 59.8 Å². The first-order valence-electron chi connectivity index (χ1n) is 7.51. The lowest BCUT2D eigenvalue weighted by Crippen LogP contribution is -2.50. The van der Waals surface area contributed by atoms with Crippen LogP contribution in [-0.2, 0) is 6.18 Å². The second-order valence-corrected chi connectivity index (χ2v) is 6.37. The van der Waals surface area contributed by atoms with Gasteiger partial charge in [0.25, 0.3) is 5.91 Å². The standard InChI is InChI=1S/C16H19F3N2O/c1-8(2)10-6-11-13(12(7-10)16(17,18)19)15(22)21-5-4-20-9(3)14(11)21/h6-9,14,20H,4-5H2,1-3H3/t9-,14-/m0/s1. The molecule has 1 fully saturated rings. The molecule has 6 heteroatoms. The van der Waals surface area contributed by atoms with Crippen molar-refractivity contribution in [1.29, 1.82) is 0 Å². The molecule has 22 heavy (non-hydrogen) atoms. The topological polar surface area (TPSA) is 32.3 Å². The zero-order valence-corrected chi connectivity index (χ0v) is 12.8. The van der Waals surface area contributed by atoms with E-state index in [2.05, 4.69) is 5.32 Å². The van der Waals surface area contributed by atoms with Gasteiger partial charge in [-0.3, -0.25) is 4.79 Å². The van der Waals surface area contributed by atoms with E-state index in [0.717, 1.165) is 6.07 Å². The molecule has 1 N–H and O–H groups in total. The van der Waals surface area contributed by atoms with E-state index in [0.29, 0.717) is 24.2 Å². The zero-order chi connectivity index (χ0) is 16.2. The summed E-state index contributed by atoms with van der Waals surface area (Å²) in [4.78, 5) is 14.1. The minimum absolute atomic E-state index is 0.0255. The van der Waals surface area contributed by atoms with Crippen molar-refractivity contribution in [3.8, 4) is 0 Å². The summed E-state index contributed by atoms with van der Waals surface area (Å²) in [6.07, 6.45) is -4.52. The molecular formula is C16H19F3N2O. The number of amides is 1. The number of hydrogen-bond donors (Lipinski definition) is 1. The molecule has 1 saturated heterocycles. The van der Waals surface area contributed by atoms with E-state index in [-0.39, 0.29) is 23.6 Å². The van der Waals surface area contributed by atoms with Crippen molar-refractivity contribution in [3.05, 3.63) is 34.4 Å². The fraction of sp³-hybridized carbons (Fsp3) is 0.562. The molecule has 1 aromatic carbocycles. The van der Waals surface area contributed by atoms with Crippen molar-refractivity contribution in [1.82, 2.24) is 10.2 Å². The fourth-order valence-corrected chi connectivity index (χ4v) is 3.46. The van der Waals surface area contributed by atoms with Crippen LogP contribution in [0, 0.1) is 0 Å². The Hall–Kier alpha value is -1.56. The van der Waals surface area contributed by atoms with Gasteiger partial charge in [-0.15, -0.1) is 0 Å². The molecule has 2 heterocycles. The normalized spacial score (nSPS) is 24.7. The Balaban J connectivity index is 2.25. The monoisotopic (exact) mass is 312 g/mol. The van der Waals surface area contributed by atoms with Gasteiger partial charge >= 0.3 is 6.18 Å². The number of nitrogens with zero attached hydrogens (tertiary/aromatic N) is 1. The first-order valence-corrected chi connectivity index (χ1v) is 7.51. The van der Waals surface area contributed by atoms with Gasteiger partial charge in [-0.1, -0.05) is 19.9 Å². The highest BCUT2D eigenvalue weighted by molar-refractivity contribution is 6.01. The smallest absolute Gasteiger partial charge is 0.329 e. The van der Waals surface area contributed by atoms with Gasteiger partial charge in [0.05, 0.1) is 17.2 Å². The number of hydrogen-bond acceptors (Lipinski definition) is 2. The van der Waals surface area contributed by atoms with Gasteiger partial charge in [0.15, 0.2) is 0 Å². The molecule has 3 rings (SSSR count). The number of alkyl halides is 3. The lowest BCUT2D eigenvalue weighted by atomic mass is 9.89. The van der Waals surface area contributed by atoms with Gasteiger partial charge in [0, 0.05) is 19.1 Å². The van der Waals surface area contributed by atoms with Crippen LogP contribution in [0.15, 0.2) is 12.1 Å². The third-order valence-electron chi connectivity index (χ3n) is 4.59. The predicted molar refractivity (Wildman–Crippen MR) is 76.8 cm³/mol. The minimum Gasteiger partial charge on any atom is -0.329 e. The Morgan fingerprint density at radius 3 is 2.59 bits per heavy atom. The zero-order valence-electron chi connectivity index (χ0n) is 12.8. The summed E-state index contributed by atoms with van der Waals surface area (Å²) in [5.74, 6) is -0.515. The van der Waals surface area contributed by atoms with Crippen molar-refractivity contribution in [3.63, 3.8) is 0 Å². The maximum atomic E-state index is 13.4. The van der Waals surface area contributed by atoms with Gasteiger partial charge in [-0.2, -0.15) is 13.2 Å². The third-order valence-corrected chi connectivity index (χ3v) is 4.59. The number of carbonyl (C=O) groups excluding carboxylic acids is 1. The lowest BCUT2D eigenvalue weighted by molar-refractivity contribution is -0.138. The van der Waals surface area contributed by atoms with E-state index >= 15 is 0 Å². The van der Waals surface area contributed by atoms with Crippen LogP contribution < -0.4 is 5.32 Å². The molecule has 2 aliphatic heterocycles. The minimum atomic E-state index is -4.52. The number of piperazine rings is 1. The number of halogens is 3. The highest BCUT2D eigenvalue weighted by Crippen LogP contribution is 2.45. The van der Waals surface area contributed by atoms with Crippen LogP contribution in [0.3, 0.4) is 0 Å². The molecule has 2 aliphatic rings. The number of carbonyl (C=O) groups is 1. The van der Waals surface area contributed by atoms with Crippen molar-refractivity contribution in [2.45, 2.75) is 44.9 Å². The summed E-state index contributed by atoms with van der Waals surface area (Å²) in [6, 6.07) is 2.55.